The molecule has 13 heavy (non-hydrogen) atoms. The van der Waals surface area contributed by atoms with E-state index in [0.717, 1.165) is 0 Å². The maximum absolute atomic E-state index is 8.93. The monoisotopic (exact) mass is 197 g/mol. The maximum Gasteiger partial charge on any atom is 0.279 e. The van der Waals surface area contributed by atoms with Crippen LogP contribution in [0.1, 0.15) is 6.42 Å². The fourth-order valence-corrected chi connectivity index (χ4v) is 1.05. The van der Waals surface area contributed by atoms with Gasteiger partial charge in [-0.2, -0.15) is 0 Å². The Bertz CT molecular complexity index is 185. The highest BCUT2D eigenvalue weighted by Gasteiger charge is 2.59. The molecule has 0 radical (unpaired) electrons. The van der Waals surface area contributed by atoms with E-state index in [1.54, 1.807) is 0 Å². The van der Waals surface area contributed by atoms with Gasteiger partial charge < -0.3 is 35.8 Å². The topological polar surface area (TPSA) is 145 Å². The fraction of sp³-hybridized carbons (Fsp3) is 1.00. The van der Waals surface area contributed by atoms with Gasteiger partial charge in [-0.05, 0) is 0 Å². The van der Waals surface area contributed by atoms with Crippen LogP contribution in [0.3, 0.4) is 0 Å². The van der Waals surface area contributed by atoms with Crippen molar-refractivity contribution in [1.29, 1.82) is 0 Å². The molecule has 7 N–H and O–H groups in total. The van der Waals surface area contributed by atoms with Crippen LogP contribution in [-0.4, -0.2) is 64.9 Å². The molecule has 0 bridgehead atoms. The molecule has 0 spiro atoms. The molecule has 0 aromatic carbocycles. The van der Waals surface area contributed by atoms with Crippen molar-refractivity contribution >= 4 is 0 Å². The first kappa shape index (κ1) is 10.8. The minimum absolute atomic E-state index is 0.697. The number of aliphatic hydroxyl groups is 6. The normalized spacial score (nSPS) is 39.0. The summed E-state index contributed by atoms with van der Waals surface area (Å²) in [6, 6.07) is 0. The summed E-state index contributed by atoms with van der Waals surface area (Å²) < 4.78 is 0. The van der Waals surface area contributed by atoms with E-state index in [-0.39, 0.29) is 0 Å². The van der Waals surface area contributed by atoms with Crippen molar-refractivity contribution in [2.45, 2.75) is 30.5 Å². The van der Waals surface area contributed by atoms with Gasteiger partial charge in [-0.1, -0.05) is 5.06 Å². The molecule has 0 aromatic heterocycles. The number of hydroxylamine groups is 2. The summed E-state index contributed by atoms with van der Waals surface area (Å²) in [5, 5.41) is 61.6. The fourth-order valence-electron chi connectivity index (χ4n) is 1.05. The number of nitrogens with zero attached hydrogens (tertiary/aromatic N) is 1. The van der Waals surface area contributed by atoms with E-state index in [9.17, 15) is 0 Å². The van der Waals surface area contributed by atoms with Crippen molar-refractivity contribution in [1.82, 2.24) is 5.06 Å². The Morgan fingerprint density at radius 1 is 0.923 bits per heavy atom. The van der Waals surface area contributed by atoms with Crippen molar-refractivity contribution in [3.05, 3.63) is 0 Å². The highest BCUT2D eigenvalue weighted by atomic mass is 16.7. The van der Waals surface area contributed by atoms with Gasteiger partial charge >= 0.3 is 0 Å². The molecule has 1 rings (SSSR count). The molecule has 0 aliphatic carbocycles. The summed E-state index contributed by atoms with van der Waals surface area (Å²) in [6.07, 6.45) is -4.53. The van der Waals surface area contributed by atoms with Crippen LogP contribution in [0.5, 0.6) is 0 Å². The predicted octanol–water partition coefficient (Wildman–Crippen LogP) is -3.92. The lowest BCUT2D eigenvalue weighted by molar-refractivity contribution is -0.523. The minimum Gasteiger partial charge on any atom is -0.386 e. The zero-order valence-electron chi connectivity index (χ0n) is 6.44. The molecule has 1 aliphatic heterocycles. The lowest BCUT2D eigenvalue weighted by Crippen LogP contribution is -2.73. The molecule has 0 saturated carbocycles. The van der Waals surface area contributed by atoms with Crippen LogP contribution in [0.25, 0.3) is 0 Å². The highest BCUT2D eigenvalue weighted by Crippen LogP contribution is 2.31. The Hall–Kier alpha value is -0.320. The van der Waals surface area contributed by atoms with Gasteiger partial charge in [0.2, 0.25) is 0 Å². The lowest BCUT2D eigenvalue weighted by atomic mass is 10.00. The molecule has 1 aliphatic rings. The third-order valence-corrected chi connectivity index (χ3v) is 1.96. The van der Waals surface area contributed by atoms with Gasteiger partial charge in [0.05, 0.1) is 0 Å². The number of aliphatic hydroxyl groups excluding tert-OH is 2. The molecule has 8 nitrogen and oxygen atoms in total. The van der Waals surface area contributed by atoms with Crippen LogP contribution in [0.15, 0.2) is 0 Å². The summed E-state index contributed by atoms with van der Waals surface area (Å²) in [5.74, 6) is -6.41. The van der Waals surface area contributed by atoms with Crippen molar-refractivity contribution in [3.8, 4) is 0 Å². The van der Waals surface area contributed by atoms with E-state index < -0.39 is 35.5 Å². The van der Waals surface area contributed by atoms with E-state index in [4.69, 9.17) is 35.8 Å². The van der Waals surface area contributed by atoms with Crippen molar-refractivity contribution in [2.24, 2.45) is 0 Å². The average Bonchev–Trinajstić information content (AvgIpc) is 2.00. The quantitative estimate of drug-likeness (QED) is 0.195. The molecule has 78 valence electrons. The van der Waals surface area contributed by atoms with Gasteiger partial charge in [-0.15, -0.1) is 0 Å². The first-order chi connectivity index (χ1) is 5.70. The molecule has 2 atom stereocenters. The second-order valence-corrected chi connectivity index (χ2v) is 2.95. The van der Waals surface area contributed by atoms with Crippen LogP contribution in [0.4, 0.5) is 0 Å². The van der Waals surface area contributed by atoms with E-state index in [1.807, 2.05) is 0 Å². The van der Waals surface area contributed by atoms with Gasteiger partial charge in [-0.3, -0.25) is 0 Å². The van der Waals surface area contributed by atoms with E-state index in [0.29, 0.717) is 0 Å². The first-order valence-electron chi connectivity index (χ1n) is 3.45. The van der Waals surface area contributed by atoms with E-state index in [1.165, 1.54) is 0 Å². The predicted molar refractivity (Wildman–Crippen MR) is 34.6 cm³/mol. The van der Waals surface area contributed by atoms with Crippen molar-refractivity contribution in [2.75, 3.05) is 0 Å². The summed E-state index contributed by atoms with van der Waals surface area (Å²) in [5.41, 5.74) is 0. The lowest BCUT2D eigenvalue weighted by Gasteiger charge is -2.47. The summed E-state index contributed by atoms with van der Waals surface area (Å²) >= 11 is 0. The second-order valence-electron chi connectivity index (χ2n) is 2.95. The molecule has 2 unspecified atom stereocenters. The van der Waals surface area contributed by atoms with Crippen LogP contribution >= 0.6 is 0 Å². The maximum atomic E-state index is 8.93. The van der Waals surface area contributed by atoms with Crippen LogP contribution in [0.2, 0.25) is 0 Å². The standard InChI is InChI=1S/C5H11NO7/c7-2-1-3(8)5(11,12)6(13)4(2,9)10/h2-3,7-13H,1H2. The summed E-state index contributed by atoms with van der Waals surface area (Å²) in [6.45, 7) is 0. The highest BCUT2D eigenvalue weighted by molar-refractivity contribution is 4.89. The van der Waals surface area contributed by atoms with Gasteiger partial charge in [0.25, 0.3) is 11.8 Å². The first-order valence-corrected chi connectivity index (χ1v) is 3.45. The summed E-state index contributed by atoms with van der Waals surface area (Å²) in [7, 11) is 0. The zero-order valence-corrected chi connectivity index (χ0v) is 6.44. The Kier molecular flexibility index (Phi) is 2.35. The molecular weight excluding hydrogens is 186 g/mol. The van der Waals surface area contributed by atoms with Crippen molar-refractivity contribution < 1.29 is 35.8 Å². The number of hydrogen-bond donors (Lipinski definition) is 7. The Balaban J connectivity index is 2.96. The molecule has 0 aromatic rings. The molecule has 1 saturated heterocycles. The SMILES string of the molecule is OC1CC(O)C(O)(O)N(O)C1(O)O. The molecule has 1 heterocycles. The van der Waals surface area contributed by atoms with Gasteiger partial charge in [0.1, 0.15) is 12.2 Å². The third-order valence-electron chi connectivity index (χ3n) is 1.96. The smallest absolute Gasteiger partial charge is 0.279 e. The van der Waals surface area contributed by atoms with Gasteiger partial charge in [0.15, 0.2) is 0 Å². The van der Waals surface area contributed by atoms with Crippen LogP contribution in [0, 0.1) is 0 Å². The molecule has 0 amide bonds. The third kappa shape index (κ3) is 1.43. The van der Waals surface area contributed by atoms with Gasteiger partial charge in [0, 0.05) is 6.42 Å². The Labute approximate surface area is 72.5 Å². The Morgan fingerprint density at radius 3 is 1.54 bits per heavy atom. The molecular formula is C5H11NO7. The molecule has 8 heteroatoms. The largest absolute Gasteiger partial charge is 0.386 e. The zero-order chi connectivity index (χ0) is 10.4. The molecule has 1 fully saturated rings. The number of rotatable bonds is 0. The van der Waals surface area contributed by atoms with Crippen LogP contribution < -0.4 is 0 Å². The number of hydrogen-bond acceptors (Lipinski definition) is 8. The minimum atomic E-state index is -3.21. The van der Waals surface area contributed by atoms with Crippen LogP contribution in [-0.2, 0) is 0 Å². The van der Waals surface area contributed by atoms with Gasteiger partial charge in [-0.25, -0.2) is 0 Å². The number of piperidine rings is 1. The second kappa shape index (κ2) is 2.83. The summed E-state index contributed by atoms with van der Waals surface area (Å²) in [4.78, 5) is 0. The van der Waals surface area contributed by atoms with E-state index in [2.05, 4.69) is 0 Å². The Morgan fingerprint density at radius 2 is 1.23 bits per heavy atom. The van der Waals surface area contributed by atoms with E-state index >= 15 is 0 Å². The average molecular weight is 197 g/mol. The van der Waals surface area contributed by atoms with Crippen molar-refractivity contribution in [3.63, 3.8) is 0 Å².